The summed E-state index contributed by atoms with van der Waals surface area (Å²) in [6.07, 6.45) is 58.0. The van der Waals surface area contributed by atoms with Crippen molar-refractivity contribution in [3.05, 3.63) is 0 Å². The van der Waals surface area contributed by atoms with Crippen LogP contribution in [0.1, 0.15) is 316 Å². The van der Waals surface area contributed by atoms with E-state index in [1.165, 1.54) is 225 Å². The number of ether oxygens (including phenoxy) is 1. The summed E-state index contributed by atoms with van der Waals surface area (Å²) in [7, 11) is 0. The van der Waals surface area contributed by atoms with Crippen LogP contribution in [-0.4, -0.2) is 47.4 Å². The number of aliphatic hydroxyl groups excluding tert-OH is 2. The van der Waals surface area contributed by atoms with E-state index < -0.39 is 12.1 Å². The van der Waals surface area contributed by atoms with Crippen molar-refractivity contribution in [2.75, 3.05) is 13.2 Å². The Balaban J connectivity index is 3.46. The van der Waals surface area contributed by atoms with Crippen LogP contribution in [0.4, 0.5) is 0 Å². The molecule has 0 aliphatic rings. The van der Waals surface area contributed by atoms with Crippen LogP contribution in [0.25, 0.3) is 0 Å². The van der Waals surface area contributed by atoms with Crippen molar-refractivity contribution in [3.8, 4) is 0 Å². The first-order chi connectivity index (χ1) is 30.0. The van der Waals surface area contributed by atoms with Crippen molar-refractivity contribution in [2.24, 2.45) is 0 Å². The summed E-state index contributed by atoms with van der Waals surface area (Å²) in [5.41, 5.74) is 0. The molecule has 6 nitrogen and oxygen atoms in total. The average molecular weight is 864 g/mol. The summed E-state index contributed by atoms with van der Waals surface area (Å²) in [5.74, 6) is -0.0801. The van der Waals surface area contributed by atoms with Gasteiger partial charge in [0.05, 0.1) is 25.4 Å². The largest absolute Gasteiger partial charge is 0.466 e. The van der Waals surface area contributed by atoms with Gasteiger partial charge in [0.2, 0.25) is 5.91 Å². The third kappa shape index (κ3) is 48.2. The predicted octanol–water partition coefficient (Wildman–Crippen LogP) is 16.7. The zero-order valence-corrected chi connectivity index (χ0v) is 41.4. The predicted molar refractivity (Wildman–Crippen MR) is 264 cm³/mol. The van der Waals surface area contributed by atoms with Crippen molar-refractivity contribution in [1.29, 1.82) is 0 Å². The molecular weight excluding hydrogens is 755 g/mol. The maximum absolute atomic E-state index is 12.5. The van der Waals surface area contributed by atoms with E-state index in [1.54, 1.807) is 0 Å². The van der Waals surface area contributed by atoms with Gasteiger partial charge in [-0.3, -0.25) is 9.59 Å². The van der Waals surface area contributed by atoms with Crippen LogP contribution in [-0.2, 0) is 14.3 Å². The van der Waals surface area contributed by atoms with Crippen LogP contribution in [0.3, 0.4) is 0 Å². The molecule has 0 saturated heterocycles. The quantitative estimate of drug-likeness (QED) is 0.0418. The monoisotopic (exact) mass is 864 g/mol. The van der Waals surface area contributed by atoms with Crippen molar-refractivity contribution in [1.82, 2.24) is 5.32 Å². The van der Waals surface area contributed by atoms with Gasteiger partial charge in [-0.1, -0.05) is 277 Å². The molecule has 3 N–H and O–H groups in total. The molecule has 2 atom stereocenters. The molecule has 0 aromatic heterocycles. The zero-order chi connectivity index (χ0) is 44.4. The second kappa shape index (κ2) is 51.5. The molecule has 0 rings (SSSR count). The number of carbonyl (C=O) groups is 2. The molecule has 1 amide bonds. The number of nitrogens with one attached hydrogen (secondary N) is 1. The second-order valence-electron chi connectivity index (χ2n) is 19.3. The second-order valence-corrected chi connectivity index (χ2v) is 19.3. The van der Waals surface area contributed by atoms with Gasteiger partial charge in [0.1, 0.15) is 0 Å². The Kier molecular flexibility index (Phi) is 50.5. The highest BCUT2D eigenvalue weighted by Crippen LogP contribution is 2.18. The fourth-order valence-corrected chi connectivity index (χ4v) is 8.88. The van der Waals surface area contributed by atoms with Crippen LogP contribution in [0.2, 0.25) is 0 Å². The lowest BCUT2D eigenvalue weighted by Gasteiger charge is -2.22. The van der Waals surface area contributed by atoms with E-state index >= 15 is 0 Å². The van der Waals surface area contributed by atoms with E-state index in [4.69, 9.17) is 4.74 Å². The van der Waals surface area contributed by atoms with E-state index in [-0.39, 0.29) is 18.5 Å². The topological polar surface area (TPSA) is 95.9 Å². The van der Waals surface area contributed by atoms with Crippen LogP contribution in [0.15, 0.2) is 0 Å². The highest BCUT2D eigenvalue weighted by molar-refractivity contribution is 5.76. The Labute approximate surface area is 381 Å². The van der Waals surface area contributed by atoms with E-state index in [0.29, 0.717) is 25.9 Å². The molecule has 2 unspecified atom stereocenters. The first kappa shape index (κ1) is 59.9. The molecule has 0 aliphatic carbocycles. The highest BCUT2D eigenvalue weighted by Gasteiger charge is 2.20. The number of aliphatic hydroxyl groups is 2. The number of hydrogen-bond acceptors (Lipinski definition) is 5. The third-order valence-corrected chi connectivity index (χ3v) is 13.2. The Morgan fingerprint density at radius 3 is 1.00 bits per heavy atom. The standard InChI is InChI=1S/C55H109NO5/c1-3-5-7-9-11-13-15-17-18-19-20-21-22-23-24-25-27-28-31-35-39-43-47-53(58)52(51-57)56-54(59)48-44-40-36-32-30-34-38-42-46-50-61-55(60)49-45-41-37-33-29-26-16-14-12-10-8-6-4-2/h52-53,57-58H,3-51H2,1-2H3,(H,56,59). The summed E-state index contributed by atoms with van der Waals surface area (Å²) >= 11 is 0. The molecule has 0 aromatic carbocycles. The summed E-state index contributed by atoms with van der Waals surface area (Å²) < 4.78 is 5.45. The van der Waals surface area contributed by atoms with Crippen LogP contribution < -0.4 is 5.32 Å². The third-order valence-electron chi connectivity index (χ3n) is 13.2. The van der Waals surface area contributed by atoms with E-state index in [0.717, 1.165) is 57.8 Å². The van der Waals surface area contributed by atoms with Gasteiger partial charge in [-0.05, 0) is 25.7 Å². The van der Waals surface area contributed by atoms with E-state index in [1.807, 2.05) is 0 Å². The molecule has 0 aliphatic heterocycles. The van der Waals surface area contributed by atoms with Crippen LogP contribution in [0, 0.1) is 0 Å². The van der Waals surface area contributed by atoms with Crippen molar-refractivity contribution >= 4 is 11.9 Å². The first-order valence-electron chi connectivity index (χ1n) is 27.8. The SMILES string of the molecule is CCCCCCCCCCCCCCCCCCCCCCCCC(O)C(CO)NC(=O)CCCCCCCCCCCOC(=O)CCCCCCCCCCCCCCC. The lowest BCUT2D eigenvalue weighted by atomic mass is 10.0. The van der Waals surface area contributed by atoms with Gasteiger partial charge in [-0.2, -0.15) is 0 Å². The molecular formula is C55H109NO5. The lowest BCUT2D eigenvalue weighted by molar-refractivity contribution is -0.143. The minimum absolute atomic E-state index is 0.0220. The molecule has 364 valence electrons. The van der Waals surface area contributed by atoms with Gasteiger partial charge in [0.15, 0.2) is 0 Å². The maximum atomic E-state index is 12.5. The Bertz CT molecular complexity index is 867. The van der Waals surface area contributed by atoms with Crippen LogP contribution >= 0.6 is 0 Å². The summed E-state index contributed by atoms with van der Waals surface area (Å²) in [6.45, 7) is 4.92. The Morgan fingerprint density at radius 1 is 0.393 bits per heavy atom. The van der Waals surface area contributed by atoms with Gasteiger partial charge in [-0.25, -0.2) is 0 Å². The number of carbonyl (C=O) groups excluding carboxylic acids is 2. The van der Waals surface area contributed by atoms with Gasteiger partial charge in [-0.15, -0.1) is 0 Å². The molecule has 0 heterocycles. The fourth-order valence-electron chi connectivity index (χ4n) is 8.88. The molecule has 0 spiro atoms. The van der Waals surface area contributed by atoms with Crippen molar-refractivity contribution in [3.63, 3.8) is 0 Å². The number of unbranched alkanes of at least 4 members (excludes halogenated alkanes) is 41. The van der Waals surface area contributed by atoms with Gasteiger partial charge in [0, 0.05) is 12.8 Å². The maximum Gasteiger partial charge on any atom is 0.305 e. The molecule has 0 fully saturated rings. The number of amides is 1. The minimum atomic E-state index is -0.681. The number of esters is 1. The van der Waals surface area contributed by atoms with E-state index in [9.17, 15) is 19.8 Å². The first-order valence-corrected chi connectivity index (χ1v) is 27.8. The summed E-state index contributed by atoms with van der Waals surface area (Å²) in [6, 6.07) is -0.560. The molecule has 6 heteroatoms. The molecule has 0 saturated carbocycles. The fraction of sp³-hybridized carbons (Fsp3) is 0.964. The Morgan fingerprint density at radius 2 is 0.672 bits per heavy atom. The molecule has 0 radical (unpaired) electrons. The van der Waals surface area contributed by atoms with Gasteiger partial charge in [0.25, 0.3) is 0 Å². The minimum Gasteiger partial charge on any atom is -0.466 e. The molecule has 0 aromatic rings. The smallest absolute Gasteiger partial charge is 0.305 e. The highest BCUT2D eigenvalue weighted by atomic mass is 16.5. The van der Waals surface area contributed by atoms with Crippen molar-refractivity contribution in [2.45, 2.75) is 328 Å². The zero-order valence-electron chi connectivity index (χ0n) is 41.4. The summed E-state index contributed by atoms with van der Waals surface area (Å²) in [4.78, 5) is 24.5. The Hall–Kier alpha value is -1.14. The van der Waals surface area contributed by atoms with Crippen LogP contribution in [0.5, 0.6) is 0 Å². The van der Waals surface area contributed by atoms with Gasteiger partial charge < -0.3 is 20.3 Å². The summed E-state index contributed by atoms with van der Waals surface area (Å²) in [5, 5.41) is 23.3. The molecule has 61 heavy (non-hydrogen) atoms. The van der Waals surface area contributed by atoms with E-state index in [2.05, 4.69) is 19.2 Å². The van der Waals surface area contributed by atoms with Crippen molar-refractivity contribution < 1.29 is 24.5 Å². The molecule has 0 bridgehead atoms. The normalized spacial score (nSPS) is 12.5. The number of rotatable bonds is 52. The lowest BCUT2D eigenvalue weighted by Crippen LogP contribution is -2.45. The van der Waals surface area contributed by atoms with Gasteiger partial charge >= 0.3 is 5.97 Å². The number of hydrogen-bond donors (Lipinski definition) is 3. The average Bonchev–Trinajstić information content (AvgIpc) is 3.26.